The van der Waals surface area contributed by atoms with Gasteiger partial charge in [-0.25, -0.2) is 4.98 Å². The van der Waals surface area contributed by atoms with Crippen LogP contribution in [-0.2, 0) is 12.8 Å². The SMILES string of the molecule is O=Cc1cccn2c(=O)c3c4c(sc3nc12)CCCC4. The highest BCUT2D eigenvalue weighted by atomic mass is 32.1. The first-order valence-corrected chi connectivity index (χ1v) is 7.52. The lowest BCUT2D eigenvalue weighted by molar-refractivity contribution is 0.112. The van der Waals surface area contributed by atoms with Gasteiger partial charge in [0.05, 0.1) is 10.9 Å². The van der Waals surface area contributed by atoms with E-state index in [1.54, 1.807) is 29.7 Å². The molecule has 3 aromatic heterocycles. The number of aldehydes is 1. The molecular weight excluding hydrogens is 272 g/mol. The topological polar surface area (TPSA) is 51.4 Å². The molecule has 0 fully saturated rings. The fourth-order valence-electron chi connectivity index (χ4n) is 2.96. The summed E-state index contributed by atoms with van der Waals surface area (Å²) in [4.78, 5) is 30.4. The summed E-state index contributed by atoms with van der Waals surface area (Å²) < 4.78 is 1.49. The minimum Gasteiger partial charge on any atom is -0.298 e. The van der Waals surface area contributed by atoms with Gasteiger partial charge in [0.2, 0.25) is 0 Å². The van der Waals surface area contributed by atoms with Gasteiger partial charge in [0.25, 0.3) is 5.56 Å². The van der Waals surface area contributed by atoms with E-state index in [1.165, 1.54) is 21.3 Å². The molecule has 1 aliphatic carbocycles. The maximum atomic E-state index is 12.7. The highest BCUT2D eigenvalue weighted by Crippen LogP contribution is 2.33. The zero-order chi connectivity index (χ0) is 13.7. The van der Waals surface area contributed by atoms with Crippen LogP contribution in [0.4, 0.5) is 0 Å². The van der Waals surface area contributed by atoms with E-state index in [9.17, 15) is 9.59 Å². The number of carbonyl (C=O) groups is 1. The van der Waals surface area contributed by atoms with E-state index >= 15 is 0 Å². The maximum Gasteiger partial charge on any atom is 0.266 e. The summed E-state index contributed by atoms with van der Waals surface area (Å²) in [5, 5.41) is 0.755. The average molecular weight is 284 g/mol. The van der Waals surface area contributed by atoms with Crippen LogP contribution in [0.25, 0.3) is 15.9 Å². The Morgan fingerprint density at radius 3 is 3.00 bits per heavy atom. The molecule has 0 bridgehead atoms. The maximum absolute atomic E-state index is 12.7. The van der Waals surface area contributed by atoms with Crippen molar-refractivity contribution in [2.75, 3.05) is 0 Å². The van der Waals surface area contributed by atoms with Crippen LogP contribution < -0.4 is 5.56 Å². The number of nitrogens with zero attached hydrogens (tertiary/aromatic N) is 2. The summed E-state index contributed by atoms with van der Waals surface area (Å²) in [5.41, 5.74) is 2.05. The van der Waals surface area contributed by atoms with E-state index in [0.717, 1.165) is 35.8 Å². The van der Waals surface area contributed by atoms with Gasteiger partial charge in [0, 0.05) is 11.1 Å². The second-order valence-corrected chi connectivity index (χ2v) is 6.17. The van der Waals surface area contributed by atoms with E-state index in [4.69, 9.17) is 0 Å². The van der Waals surface area contributed by atoms with Crippen LogP contribution in [0.15, 0.2) is 23.1 Å². The lowest BCUT2D eigenvalue weighted by Gasteiger charge is -2.10. The molecule has 0 saturated heterocycles. The molecule has 20 heavy (non-hydrogen) atoms. The van der Waals surface area contributed by atoms with Crippen molar-refractivity contribution in [3.8, 4) is 0 Å². The summed E-state index contributed by atoms with van der Waals surface area (Å²) in [5.74, 6) is 0. The molecule has 0 spiro atoms. The molecule has 3 aromatic rings. The van der Waals surface area contributed by atoms with Crippen LogP contribution >= 0.6 is 11.3 Å². The quantitative estimate of drug-likeness (QED) is 0.645. The van der Waals surface area contributed by atoms with Gasteiger partial charge in [-0.1, -0.05) is 0 Å². The molecule has 4 nitrogen and oxygen atoms in total. The molecule has 0 aliphatic heterocycles. The van der Waals surface area contributed by atoms with Gasteiger partial charge in [-0.05, 0) is 43.4 Å². The fourth-order valence-corrected chi connectivity index (χ4v) is 4.21. The highest BCUT2D eigenvalue weighted by molar-refractivity contribution is 7.18. The fraction of sp³-hybridized carbons (Fsp3) is 0.267. The molecule has 0 atom stereocenters. The largest absolute Gasteiger partial charge is 0.298 e. The van der Waals surface area contributed by atoms with Gasteiger partial charge in [0.1, 0.15) is 4.83 Å². The van der Waals surface area contributed by atoms with Crippen molar-refractivity contribution in [1.29, 1.82) is 0 Å². The Kier molecular flexibility index (Phi) is 2.50. The average Bonchev–Trinajstić information content (AvgIpc) is 2.85. The Morgan fingerprint density at radius 1 is 1.30 bits per heavy atom. The zero-order valence-corrected chi connectivity index (χ0v) is 11.6. The molecule has 100 valence electrons. The lowest BCUT2D eigenvalue weighted by atomic mass is 9.97. The normalized spacial score (nSPS) is 14.6. The molecule has 0 saturated carbocycles. The second-order valence-electron chi connectivity index (χ2n) is 5.08. The number of aromatic nitrogens is 2. The van der Waals surface area contributed by atoms with Crippen molar-refractivity contribution >= 4 is 33.5 Å². The standard InChI is InChI=1S/C15H12N2O2S/c18-8-9-4-3-7-17-13(9)16-14-12(15(17)19)10-5-1-2-6-11(10)20-14/h3-4,7-8H,1-2,5-6H2. The summed E-state index contributed by atoms with van der Waals surface area (Å²) in [7, 11) is 0. The molecule has 0 unspecified atom stereocenters. The van der Waals surface area contributed by atoms with Crippen LogP contribution in [0.5, 0.6) is 0 Å². The summed E-state index contributed by atoms with van der Waals surface area (Å²) >= 11 is 1.61. The molecule has 1 aliphatic rings. The van der Waals surface area contributed by atoms with Crippen LogP contribution in [-0.4, -0.2) is 15.7 Å². The monoisotopic (exact) mass is 284 g/mol. The van der Waals surface area contributed by atoms with Gasteiger partial charge in [-0.2, -0.15) is 0 Å². The molecule has 0 aromatic carbocycles. The van der Waals surface area contributed by atoms with Crippen LogP contribution in [0.1, 0.15) is 33.6 Å². The first kappa shape index (κ1) is 11.8. The van der Waals surface area contributed by atoms with Crippen LogP contribution in [0.2, 0.25) is 0 Å². The third kappa shape index (κ3) is 1.50. The third-order valence-electron chi connectivity index (χ3n) is 3.92. The molecule has 0 radical (unpaired) electrons. The Balaban J connectivity index is 2.21. The predicted molar refractivity (Wildman–Crippen MR) is 78.9 cm³/mol. The van der Waals surface area contributed by atoms with Gasteiger partial charge in [-0.3, -0.25) is 14.0 Å². The van der Waals surface area contributed by atoms with Gasteiger partial charge in [0.15, 0.2) is 11.9 Å². The first-order valence-electron chi connectivity index (χ1n) is 6.70. The van der Waals surface area contributed by atoms with Crippen molar-refractivity contribution < 1.29 is 4.79 Å². The number of hydrogen-bond donors (Lipinski definition) is 0. The molecule has 0 amide bonds. The van der Waals surface area contributed by atoms with E-state index in [2.05, 4.69) is 4.98 Å². The summed E-state index contributed by atoms with van der Waals surface area (Å²) in [6, 6.07) is 3.40. The van der Waals surface area contributed by atoms with Crippen molar-refractivity contribution in [3.05, 3.63) is 44.7 Å². The highest BCUT2D eigenvalue weighted by Gasteiger charge is 2.20. The van der Waals surface area contributed by atoms with Crippen molar-refractivity contribution in [2.24, 2.45) is 0 Å². The number of hydrogen-bond acceptors (Lipinski definition) is 4. The molecule has 0 N–H and O–H groups in total. The summed E-state index contributed by atoms with van der Waals surface area (Å²) in [6.07, 6.45) is 6.75. The predicted octanol–water partition coefficient (Wildman–Crippen LogP) is 2.60. The zero-order valence-electron chi connectivity index (χ0n) is 10.8. The van der Waals surface area contributed by atoms with Crippen molar-refractivity contribution in [2.45, 2.75) is 25.7 Å². The lowest BCUT2D eigenvalue weighted by Crippen LogP contribution is -2.17. The van der Waals surface area contributed by atoms with E-state index in [1.807, 2.05) is 0 Å². The Morgan fingerprint density at radius 2 is 2.15 bits per heavy atom. The van der Waals surface area contributed by atoms with Crippen molar-refractivity contribution in [3.63, 3.8) is 0 Å². The van der Waals surface area contributed by atoms with Gasteiger partial charge < -0.3 is 0 Å². The molecular formula is C15H12N2O2S. The Labute approximate surface area is 118 Å². The number of fused-ring (bicyclic) bond motifs is 4. The first-order chi connectivity index (χ1) is 9.79. The second kappa shape index (κ2) is 4.24. The minimum atomic E-state index is -0.0481. The number of carbonyl (C=O) groups excluding carboxylic acids is 1. The van der Waals surface area contributed by atoms with E-state index in [-0.39, 0.29) is 5.56 Å². The number of thiophene rings is 1. The molecule has 3 heterocycles. The number of aryl methyl sites for hydroxylation is 2. The number of pyridine rings is 1. The summed E-state index contributed by atoms with van der Waals surface area (Å²) in [6.45, 7) is 0. The Bertz CT molecular complexity index is 908. The minimum absolute atomic E-state index is 0.0481. The van der Waals surface area contributed by atoms with E-state index in [0.29, 0.717) is 11.2 Å². The smallest absolute Gasteiger partial charge is 0.266 e. The van der Waals surface area contributed by atoms with Crippen LogP contribution in [0, 0.1) is 0 Å². The van der Waals surface area contributed by atoms with Gasteiger partial charge >= 0.3 is 0 Å². The third-order valence-corrected chi connectivity index (χ3v) is 5.10. The Hall–Kier alpha value is -2.01. The van der Waals surface area contributed by atoms with Crippen LogP contribution in [0.3, 0.4) is 0 Å². The number of rotatable bonds is 1. The molecule has 5 heteroatoms. The molecule has 4 rings (SSSR count). The van der Waals surface area contributed by atoms with E-state index < -0.39 is 0 Å². The van der Waals surface area contributed by atoms with Gasteiger partial charge in [-0.15, -0.1) is 11.3 Å². The van der Waals surface area contributed by atoms with Crippen molar-refractivity contribution in [1.82, 2.24) is 9.38 Å².